The molecule has 1 N–H and O–H groups in total. The average Bonchev–Trinajstić information content (AvgIpc) is 2.75. The number of ether oxygens (including phenoxy) is 2. The van der Waals surface area contributed by atoms with Crippen molar-refractivity contribution in [2.45, 2.75) is 52.5 Å². The Labute approximate surface area is 198 Å². The second-order valence-electron chi connectivity index (χ2n) is 8.51. The van der Waals surface area contributed by atoms with E-state index in [-0.39, 0.29) is 24.9 Å². The minimum absolute atomic E-state index is 0.128. The summed E-state index contributed by atoms with van der Waals surface area (Å²) >= 11 is 0. The Hall–Kier alpha value is -2.74. The summed E-state index contributed by atoms with van der Waals surface area (Å²) in [5.74, 6) is 1.48. The van der Waals surface area contributed by atoms with E-state index in [9.17, 15) is 13.2 Å². The molecule has 8 heteroatoms. The van der Waals surface area contributed by atoms with Gasteiger partial charge in [0.15, 0.2) is 0 Å². The largest absolute Gasteiger partial charge is 0.496 e. The number of anilines is 1. The van der Waals surface area contributed by atoms with Gasteiger partial charge in [0.05, 0.1) is 32.2 Å². The normalized spacial score (nSPS) is 12.4. The van der Waals surface area contributed by atoms with Crippen LogP contribution in [0.2, 0.25) is 0 Å². The number of rotatable bonds is 11. The Balaban J connectivity index is 2.07. The van der Waals surface area contributed by atoms with Gasteiger partial charge in [0.1, 0.15) is 11.5 Å². The number of sulfonamides is 1. The van der Waals surface area contributed by atoms with Crippen LogP contribution in [0.1, 0.15) is 62.3 Å². The summed E-state index contributed by atoms with van der Waals surface area (Å²) in [6, 6.07) is 10.9. The maximum atomic E-state index is 12.6. The third-order valence-corrected chi connectivity index (χ3v) is 6.78. The molecule has 2 aromatic rings. The van der Waals surface area contributed by atoms with E-state index in [2.05, 4.69) is 25.2 Å². The summed E-state index contributed by atoms with van der Waals surface area (Å²) < 4.78 is 36.9. The van der Waals surface area contributed by atoms with Crippen LogP contribution in [-0.4, -0.2) is 41.3 Å². The lowest BCUT2D eigenvalue weighted by Crippen LogP contribution is -2.33. The summed E-state index contributed by atoms with van der Waals surface area (Å²) in [7, 11) is -0.367. The summed E-state index contributed by atoms with van der Waals surface area (Å²) in [4.78, 5) is 12.6. The van der Waals surface area contributed by atoms with Gasteiger partial charge in [0.25, 0.3) is 0 Å². The molecule has 0 spiro atoms. The molecule has 0 aliphatic rings. The molecule has 0 aliphatic heterocycles. The van der Waals surface area contributed by atoms with Crippen molar-refractivity contribution in [1.29, 1.82) is 0 Å². The Morgan fingerprint density at radius 2 is 1.67 bits per heavy atom. The SMILES string of the molecule is COc1cc(C)c(C(C)NC(=O)CCCN(c2ccccc2OC)S(C)(=O)=O)cc1C(C)C. The highest BCUT2D eigenvalue weighted by Gasteiger charge is 2.21. The number of hydrogen-bond acceptors (Lipinski definition) is 5. The molecular formula is C25H36N2O5S. The van der Waals surface area contributed by atoms with Gasteiger partial charge < -0.3 is 14.8 Å². The molecule has 7 nitrogen and oxygen atoms in total. The fourth-order valence-corrected chi connectivity index (χ4v) is 4.85. The smallest absolute Gasteiger partial charge is 0.232 e. The van der Waals surface area contributed by atoms with Gasteiger partial charge in [0, 0.05) is 13.0 Å². The van der Waals surface area contributed by atoms with Gasteiger partial charge in [-0.2, -0.15) is 0 Å². The Kier molecular flexibility index (Phi) is 9.16. The molecule has 0 aromatic heterocycles. The number of para-hydroxylation sites is 2. The van der Waals surface area contributed by atoms with Gasteiger partial charge in [0.2, 0.25) is 15.9 Å². The van der Waals surface area contributed by atoms with Crippen molar-refractivity contribution >= 4 is 21.6 Å². The van der Waals surface area contributed by atoms with Gasteiger partial charge in [-0.15, -0.1) is 0 Å². The fourth-order valence-electron chi connectivity index (χ4n) is 3.89. The number of carbonyl (C=O) groups is 1. The second kappa shape index (κ2) is 11.4. The lowest BCUT2D eigenvalue weighted by molar-refractivity contribution is -0.121. The molecule has 0 fully saturated rings. The molecule has 1 amide bonds. The van der Waals surface area contributed by atoms with Crippen molar-refractivity contribution in [3.8, 4) is 11.5 Å². The van der Waals surface area contributed by atoms with Gasteiger partial charge in [-0.05, 0) is 67.1 Å². The van der Waals surface area contributed by atoms with E-state index in [0.717, 1.165) is 28.7 Å². The van der Waals surface area contributed by atoms with E-state index in [4.69, 9.17) is 9.47 Å². The van der Waals surface area contributed by atoms with Crippen molar-refractivity contribution in [2.24, 2.45) is 0 Å². The Morgan fingerprint density at radius 1 is 1.03 bits per heavy atom. The van der Waals surface area contributed by atoms with Gasteiger partial charge in [-0.25, -0.2) is 8.42 Å². The average molecular weight is 477 g/mol. The molecule has 0 bridgehead atoms. The van der Waals surface area contributed by atoms with Crippen LogP contribution in [-0.2, 0) is 14.8 Å². The highest BCUT2D eigenvalue weighted by atomic mass is 32.2. The minimum atomic E-state index is -3.53. The lowest BCUT2D eigenvalue weighted by atomic mass is 9.93. The van der Waals surface area contributed by atoms with Crippen molar-refractivity contribution in [3.63, 3.8) is 0 Å². The first-order chi connectivity index (χ1) is 15.5. The molecule has 0 aliphatic carbocycles. The first kappa shape index (κ1) is 26.5. The maximum absolute atomic E-state index is 12.6. The Bertz CT molecular complexity index is 1070. The van der Waals surface area contributed by atoms with Crippen LogP contribution < -0.4 is 19.1 Å². The van der Waals surface area contributed by atoms with E-state index in [0.29, 0.717) is 23.8 Å². The number of hydrogen-bond donors (Lipinski definition) is 1. The predicted molar refractivity (Wildman–Crippen MR) is 133 cm³/mol. The molecule has 2 rings (SSSR count). The molecule has 0 radical (unpaired) electrons. The van der Waals surface area contributed by atoms with Crippen molar-refractivity contribution in [1.82, 2.24) is 5.32 Å². The minimum Gasteiger partial charge on any atom is -0.496 e. The van der Waals surface area contributed by atoms with Crippen LogP contribution in [0.15, 0.2) is 36.4 Å². The topological polar surface area (TPSA) is 84.9 Å². The van der Waals surface area contributed by atoms with Crippen LogP contribution in [0.5, 0.6) is 11.5 Å². The van der Waals surface area contributed by atoms with E-state index in [1.807, 2.05) is 19.9 Å². The summed E-state index contributed by atoms with van der Waals surface area (Å²) in [6.45, 7) is 8.35. The van der Waals surface area contributed by atoms with E-state index in [1.165, 1.54) is 11.4 Å². The highest BCUT2D eigenvalue weighted by molar-refractivity contribution is 7.92. The zero-order valence-electron chi connectivity index (χ0n) is 20.6. The monoisotopic (exact) mass is 476 g/mol. The molecular weight excluding hydrogens is 440 g/mol. The predicted octanol–water partition coefficient (Wildman–Crippen LogP) is 4.56. The molecule has 33 heavy (non-hydrogen) atoms. The number of methoxy groups -OCH3 is 2. The first-order valence-electron chi connectivity index (χ1n) is 11.1. The third-order valence-electron chi connectivity index (χ3n) is 5.60. The standard InChI is InChI=1S/C25H36N2O5S/c1-17(2)20-16-21(18(3)15-24(20)32-6)19(4)26-25(28)13-10-14-27(33(7,29)30)22-11-8-9-12-23(22)31-5/h8-9,11-12,15-17,19H,10,13-14H2,1-7H3,(H,26,28). The molecule has 182 valence electrons. The molecule has 0 saturated heterocycles. The van der Waals surface area contributed by atoms with Crippen LogP contribution in [0.4, 0.5) is 5.69 Å². The van der Waals surface area contributed by atoms with E-state index in [1.54, 1.807) is 31.4 Å². The summed E-state index contributed by atoms with van der Waals surface area (Å²) in [5, 5.41) is 3.04. The maximum Gasteiger partial charge on any atom is 0.232 e. The van der Waals surface area contributed by atoms with Crippen LogP contribution in [0.25, 0.3) is 0 Å². The quantitative estimate of drug-likeness (QED) is 0.514. The summed E-state index contributed by atoms with van der Waals surface area (Å²) in [6.07, 6.45) is 1.74. The van der Waals surface area contributed by atoms with Crippen molar-refractivity contribution < 1.29 is 22.7 Å². The number of benzene rings is 2. The summed E-state index contributed by atoms with van der Waals surface area (Å²) in [5.41, 5.74) is 3.65. The van der Waals surface area contributed by atoms with Gasteiger partial charge in [-0.3, -0.25) is 9.10 Å². The third kappa shape index (κ3) is 6.87. The number of amides is 1. The van der Waals surface area contributed by atoms with Crippen molar-refractivity contribution in [2.75, 3.05) is 31.3 Å². The molecule has 2 aromatic carbocycles. The zero-order valence-corrected chi connectivity index (χ0v) is 21.5. The molecule has 0 saturated carbocycles. The number of carbonyl (C=O) groups excluding carboxylic acids is 1. The number of nitrogens with zero attached hydrogens (tertiary/aromatic N) is 1. The lowest BCUT2D eigenvalue weighted by Gasteiger charge is -2.24. The van der Waals surface area contributed by atoms with Crippen LogP contribution in [0, 0.1) is 6.92 Å². The first-order valence-corrected chi connectivity index (χ1v) is 12.9. The second-order valence-corrected chi connectivity index (χ2v) is 10.4. The van der Waals surface area contributed by atoms with Crippen LogP contribution in [0.3, 0.4) is 0 Å². The van der Waals surface area contributed by atoms with Gasteiger partial charge in [-0.1, -0.05) is 26.0 Å². The fraction of sp³-hybridized carbons (Fsp3) is 0.480. The van der Waals surface area contributed by atoms with Crippen molar-refractivity contribution in [3.05, 3.63) is 53.1 Å². The molecule has 1 atom stereocenters. The molecule has 0 heterocycles. The molecule has 1 unspecified atom stereocenters. The number of nitrogens with one attached hydrogen (secondary N) is 1. The zero-order chi connectivity index (χ0) is 24.8. The number of aryl methyl sites for hydroxylation is 1. The highest BCUT2D eigenvalue weighted by Crippen LogP contribution is 2.32. The van der Waals surface area contributed by atoms with Crippen LogP contribution >= 0.6 is 0 Å². The van der Waals surface area contributed by atoms with E-state index < -0.39 is 10.0 Å². The van der Waals surface area contributed by atoms with Gasteiger partial charge >= 0.3 is 0 Å². The van der Waals surface area contributed by atoms with E-state index >= 15 is 0 Å². The Morgan fingerprint density at radius 3 is 2.24 bits per heavy atom.